The Labute approximate surface area is 174 Å². The Morgan fingerprint density at radius 3 is 1.97 bits per heavy atom. The van der Waals surface area contributed by atoms with Gasteiger partial charge in [0, 0.05) is 12.2 Å². The van der Waals surface area contributed by atoms with Crippen LogP contribution in [0.4, 0.5) is 0 Å². The summed E-state index contributed by atoms with van der Waals surface area (Å²) in [6.45, 7) is 8.64. The molecule has 0 heterocycles. The van der Waals surface area contributed by atoms with Gasteiger partial charge in [0.2, 0.25) is 0 Å². The summed E-state index contributed by atoms with van der Waals surface area (Å²) in [6, 6.07) is 24.0. The Morgan fingerprint density at radius 1 is 0.690 bits per heavy atom. The van der Waals surface area contributed by atoms with Crippen molar-refractivity contribution in [3.05, 3.63) is 113 Å². The average molecular weight is 379 g/mol. The molecule has 3 aromatic rings. The van der Waals surface area contributed by atoms with Crippen LogP contribution in [0.1, 0.15) is 30.5 Å². The third kappa shape index (κ3) is 3.73. The van der Waals surface area contributed by atoms with Gasteiger partial charge >= 0.3 is 0 Å². The highest BCUT2D eigenvalue weighted by Gasteiger charge is 2.16. The fourth-order valence-corrected chi connectivity index (χ4v) is 4.18. The molecule has 0 unspecified atom stereocenters. The van der Waals surface area contributed by atoms with E-state index in [1.807, 2.05) is 0 Å². The number of fused-ring (bicyclic) bond motifs is 1. The third-order valence-corrected chi connectivity index (χ3v) is 5.76. The standard InChI is InChI=1S/C28H28N/c1-4-29(5-2)24-18-16-23(17-19-24)28(22-11-7-6-8-12-22)27-20-15-21(3)25-13-9-10-14-26(25)27/h6-20H,4-5H2,1-3H3/q+1. The van der Waals surface area contributed by atoms with Crippen molar-refractivity contribution in [1.29, 1.82) is 0 Å². The monoisotopic (exact) mass is 378 g/mol. The van der Waals surface area contributed by atoms with E-state index in [1.165, 1.54) is 44.3 Å². The van der Waals surface area contributed by atoms with E-state index >= 15 is 0 Å². The zero-order chi connectivity index (χ0) is 20.2. The quantitative estimate of drug-likeness (QED) is 0.452. The van der Waals surface area contributed by atoms with Gasteiger partial charge in [-0.1, -0.05) is 66.7 Å². The van der Waals surface area contributed by atoms with E-state index in [0.29, 0.717) is 0 Å². The summed E-state index contributed by atoms with van der Waals surface area (Å²) in [5.41, 5.74) is 7.66. The third-order valence-electron chi connectivity index (χ3n) is 5.76. The van der Waals surface area contributed by atoms with Crippen LogP contribution in [0, 0.1) is 6.92 Å². The smallest absolute Gasteiger partial charge is 0.199 e. The molecular weight excluding hydrogens is 350 g/mol. The van der Waals surface area contributed by atoms with Crippen LogP contribution in [0.2, 0.25) is 0 Å². The lowest BCUT2D eigenvalue weighted by Gasteiger charge is -2.17. The molecule has 0 saturated carbocycles. The molecule has 0 aliphatic heterocycles. The number of benzene rings is 3. The largest absolute Gasteiger partial charge is 0.231 e. The number of hydrogen-bond donors (Lipinski definition) is 0. The maximum atomic E-state index is 2.38. The molecule has 0 atom stereocenters. The van der Waals surface area contributed by atoms with Crippen molar-refractivity contribution in [3.8, 4) is 0 Å². The van der Waals surface area contributed by atoms with Crippen molar-refractivity contribution < 1.29 is 4.58 Å². The summed E-state index contributed by atoms with van der Waals surface area (Å²) in [5, 5.41) is 2.62. The minimum atomic E-state index is 1.02. The van der Waals surface area contributed by atoms with E-state index in [2.05, 4.69) is 116 Å². The van der Waals surface area contributed by atoms with Gasteiger partial charge in [0.25, 0.3) is 0 Å². The normalized spacial score (nSPS) is 13.2. The minimum absolute atomic E-state index is 1.02. The molecule has 1 heteroatoms. The molecule has 0 radical (unpaired) electrons. The van der Waals surface area contributed by atoms with E-state index in [0.717, 1.165) is 13.1 Å². The highest BCUT2D eigenvalue weighted by Crippen LogP contribution is 2.35. The van der Waals surface area contributed by atoms with Crippen LogP contribution in [-0.4, -0.2) is 23.4 Å². The van der Waals surface area contributed by atoms with Crippen molar-refractivity contribution in [3.63, 3.8) is 0 Å². The first-order valence-electron chi connectivity index (χ1n) is 10.5. The Balaban J connectivity index is 1.97. The second kappa shape index (κ2) is 8.45. The Hall–Kier alpha value is -3.19. The molecule has 0 spiro atoms. The number of allylic oxidation sites excluding steroid dienone is 5. The van der Waals surface area contributed by atoms with Gasteiger partial charge in [-0.05, 0) is 71.5 Å². The van der Waals surface area contributed by atoms with Crippen molar-refractivity contribution >= 4 is 22.1 Å². The Bertz CT molecular complexity index is 1130. The zero-order valence-electron chi connectivity index (χ0n) is 17.5. The molecule has 29 heavy (non-hydrogen) atoms. The van der Waals surface area contributed by atoms with Crippen LogP contribution >= 0.6 is 0 Å². The molecule has 4 rings (SSSR count). The van der Waals surface area contributed by atoms with Crippen LogP contribution in [0.3, 0.4) is 0 Å². The van der Waals surface area contributed by atoms with Crippen molar-refractivity contribution in [2.24, 2.45) is 0 Å². The van der Waals surface area contributed by atoms with Gasteiger partial charge in [-0.2, -0.15) is 0 Å². The molecule has 3 aromatic carbocycles. The Kier molecular flexibility index (Phi) is 5.57. The average Bonchev–Trinajstić information content (AvgIpc) is 2.78. The molecule has 0 saturated heterocycles. The highest BCUT2D eigenvalue weighted by molar-refractivity contribution is 6.06. The first-order chi connectivity index (χ1) is 14.2. The van der Waals surface area contributed by atoms with Crippen LogP contribution in [0.15, 0.2) is 96.6 Å². The number of hydrogen-bond acceptors (Lipinski definition) is 0. The van der Waals surface area contributed by atoms with Crippen LogP contribution in [0.25, 0.3) is 16.3 Å². The lowest BCUT2D eigenvalue weighted by Crippen LogP contribution is -2.19. The topological polar surface area (TPSA) is 3.01 Å². The highest BCUT2D eigenvalue weighted by atomic mass is 15.0. The van der Waals surface area contributed by atoms with Crippen molar-refractivity contribution in [1.82, 2.24) is 0 Å². The molecule has 0 amide bonds. The lowest BCUT2D eigenvalue weighted by atomic mass is 9.87. The lowest BCUT2D eigenvalue weighted by molar-refractivity contribution is -0.519. The summed E-state index contributed by atoms with van der Waals surface area (Å²) in [7, 11) is 0. The summed E-state index contributed by atoms with van der Waals surface area (Å²) < 4.78 is 2.38. The first kappa shape index (κ1) is 19.1. The summed E-state index contributed by atoms with van der Waals surface area (Å²) in [6.07, 6.45) is 9.04. The van der Waals surface area contributed by atoms with Crippen LogP contribution < -0.4 is 0 Å². The summed E-state index contributed by atoms with van der Waals surface area (Å²) in [4.78, 5) is 0. The zero-order valence-corrected chi connectivity index (χ0v) is 17.5. The summed E-state index contributed by atoms with van der Waals surface area (Å²) in [5.74, 6) is 0. The van der Waals surface area contributed by atoms with E-state index in [4.69, 9.17) is 0 Å². The van der Waals surface area contributed by atoms with Gasteiger partial charge < -0.3 is 0 Å². The molecular formula is C28H28N+. The predicted molar refractivity (Wildman–Crippen MR) is 126 cm³/mol. The maximum absolute atomic E-state index is 2.38. The second-order valence-electron chi connectivity index (χ2n) is 7.44. The summed E-state index contributed by atoms with van der Waals surface area (Å²) >= 11 is 0. The molecule has 1 aliphatic carbocycles. The minimum Gasteiger partial charge on any atom is -0.231 e. The molecule has 1 nitrogen and oxygen atoms in total. The first-order valence-corrected chi connectivity index (χ1v) is 10.5. The second-order valence-corrected chi connectivity index (χ2v) is 7.44. The Morgan fingerprint density at radius 2 is 1.31 bits per heavy atom. The van der Waals surface area contributed by atoms with Gasteiger partial charge in [-0.3, -0.25) is 0 Å². The van der Waals surface area contributed by atoms with Gasteiger partial charge in [-0.15, -0.1) is 0 Å². The van der Waals surface area contributed by atoms with E-state index < -0.39 is 0 Å². The van der Waals surface area contributed by atoms with Crippen molar-refractivity contribution in [2.45, 2.75) is 20.8 Å². The van der Waals surface area contributed by atoms with Gasteiger partial charge in [0.15, 0.2) is 5.71 Å². The molecule has 0 aromatic heterocycles. The fourth-order valence-electron chi connectivity index (χ4n) is 4.18. The number of rotatable bonds is 4. The van der Waals surface area contributed by atoms with Crippen LogP contribution in [0.5, 0.6) is 0 Å². The van der Waals surface area contributed by atoms with Crippen molar-refractivity contribution in [2.75, 3.05) is 13.1 Å². The molecule has 0 bridgehead atoms. The van der Waals surface area contributed by atoms with Gasteiger partial charge in [0.05, 0.1) is 0 Å². The predicted octanol–water partition coefficient (Wildman–Crippen LogP) is 6.57. The molecule has 0 fully saturated rings. The van der Waals surface area contributed by atoms with E-state index in [1.54, 1.807) is 0 Å². The molecule has 0 N–H and O–H groups in total. The fraction of sp³-hybridized carbons (Fsp3) is 0.179. The van der Waals surface area contributed by atoms with E-state index in [9.17, 15) is 0 Å². The number of nitrogens with zero attached hydrogens (tertiary/aromatic N) is 1. The molecule has 144 valence electrons. The SMILES string of the molecule is CC[N+](CC)=C1C=CC(=C(c2ccccc2)c2ccc(C)c3ccccc23)C=C1. The van der Waals surface area contributed by atoms with E-state index in [-0.39, 0.29) is 0 Å². The van der Waals surface area contributed by atoms with Gasteiger partial charge in [0.1, 0.15) is 13.1 Å². The molecule has 1 aliphatic rings. The van der Waals surface area contributed by atoms with Gasteiger partial charge in [-0.25, -0.2) is 4.58 Å². The number of aryl methyl sites for hydroxylation is 1. The maximum Gasteiger partial charge on any atom is 0.199 e. The van der Waals surface area contributed by atoms with Crippen LogP contribution in [-0.2, 0) is 0 Å².